The summed E-state index contributed by atoms with van der Waals surface area (Å²) in [6.07, 6.45) is 3.29. The van der Waals surface area contributed by atoms with E-state index in [1.54, 1.807) is 14.2 Å². The summed E-state index contributed by atoms with van der Waals surface area (Å²) in [7, 11) is 3.31. The zero-order valence-electron chi connectivity index (χ0n) is 15.7. The first kappa shape index (κ1) is 19.7. The first-order valence-electron chi connectivity index (χ1n) is 9.08. The van der Waals surface area contributed by atoms with E-state index in [9.17, 15) is 5.11 Å². The maximum atomic E-state index is 11.8. The predicted molar refractivity (Wildman–Crippen MR) is 112 cm³/mol. The van der Waals surface area contributed by atoms with Gasteiger partial charge in [-0.25, -0.2) is 0 Å². The lowest BCUT2D eigenvalue weighted by atomic mass is 10.0. The fraction of sp³-hybridized carbons (Fsp3) is 0.381. The third-order valence-electron chi connectivity index (χ3n) is 5.37. The van der Waals surface area contributed by atoms with Gasteiger partial charge in [-0.15, -0.1) is 17.0 Å². The van der Waals surface area contributed by atoms with Gasteiger partial charge in [0.2, 0.25) is 0 Å². The molecule has 2 aliphatic heterocycles. The van der Waals surface area contributed by atoms with Crippen LogP contribution >= 0.6 is 17.0 Å². The molecule has 0 saturated carbocycles. The van der Waals surface area contributed by atoms with Gasteiger partial charge in [0, 0.05) is 12.0 Å². The molecule has 1 unspecified atom stereocenters. The van der Waals surface area contributed by atoms with Gasteiger partial charge in [0.05, 0.1) is 20.8 Å². The lowest BCUT2D eigenvalue weighted by molar-refractivity contribution is -0.538. The second-order valence-corrected chi connectivity index (χ2v) is 6.87. The predicted octanol–water partition coefficient (Wildman–Crippen LogP) is 3.54. The van der Waals surface area contributed by atoms with Gasteiger partial charge in [-0.3, -0.25) is 4.58 Å². The Labute approximate surface area is 170 Å². The highest BCUT2D eigenvalue weighted by Gasteiger charge is 2.54. The molecular weight excluding hydrogens is 408 g/mol. The van der Waals surface area contributed by atoms with Crippen LogP contribution in [0.1, 0.15) is 24.8 Å². The normalized spacial score (nSPS) is 21.5. The number of amidine groups is 1. The standard InChI is InChI=1S/C21H25N2O3.BrH/c1-25-18-10-6-16(7-11-18)21(24)15-22-14-4-3-5-20(22)23(21)17-8-12-19(26-2)13-9-17;/h6-13,24H,3-5,14-15H2,1-2H3;1H/q+1;. The summed E-state index contributed by atoms with van der Waals surface area (Å²) >= 11 is 0. The van der Waals surface area contributed by atoms with Gasteiger partial charge in [0.15, 0.2) is 6.54 Å². The number of methoxy groups -OCH3 is 2. The lowest BCUT2D eigenvalue weighted by Crippen LogP contribution is -2.47. The Morgan fingerprint density at radius 1 is 0.926 bits per heavy atom. The monoisotopic (exact) mass is 433 g/mol. The first-order chi connectivity index (χ1) is 12.7. The van der Waals surface area contributed by atoms with E-state index in [2.05, 4.69) is 9.48 Å². The number of ether oxygens (including phenoxy) is 2. The number of hydrogen-bond acceptors (Lipinski definition) is 4. The largest absolute Gasteiger partial charge is 0.497 e. The van der Waals surface area contributed by atoms with Crippen molar-refractivity contribution in [2.75, 3.05) is 32.2 Å². The van der Waals surface area contributed by atoms with Crippen LogP contribution in [0, 0.1) is 0 Å². The molecule has 6 heteroatoms. The average Bonchev–Trinajstić information content (AvgIpc) is 3.01. The van der Waals surface area contributed by atoms with E-state index in [4.69, 9.17) is 9.47 Å². The maximum absolute atomic E-state index is 11.8. The molecule has 0 bridgehead atoms. The minimum atomic E-state index is -1.10. The van der Waals surface area contributed by atoms with Gasteiger partial charge in [0.25, 0.3) is 11.6 Å². The number of hydrogen-bond donors (Lipinski definition) is 1. The van der Waals surface area contributed by atoms with Gasteiger partial charge >= 0.3 is 0 Å². The van der Waals surface area contributed by atoms with Crippen LogP contribution in [-0.4, -0.2) is 42.8 Å². The molecule has 144 valence electrons. The summed E-state index contributed by atoms with van der Waals surface area (Å²) in [5.74, 6) is 2.79. The summed E-state index contributed by atoms with van der Waals surface area (Å²) in [5, 5.41) is 11.8. The lowest BCUT2D eigenvalue weighted by Gasteiger charge is -2.29. The Hall–Kier alpha value is -2.05. The van der Waals surface area contributed by atoms with Crippen LogP contribution in [0.25, 0.3) is 0 Å². The second kappa shape index (κ2) is 7.90. The number of aliphatic hydroxyl groups is 1. The van der Waals surface area contributed by atoms with E-state index >= 15 is 0 Å². The molecule has 0 radical (unpaired) electrons. The smallest absolute Gasteiger partial charge is 0.275 e. The number of benzene rings is 2. The van der Waals surface area contributed by atoms with Gasteiger partial charge in [-0.1, -0.05) is 0 Å². The molecule has 27 heavy (non-hydrogen) atoms. The molecular formula is C21H26BrN2O3+. The molecule has 4 rings (SSSR count). The van der Waals surface area contributed by atoms with Gasteiger partial charge in [-0.2, -0.15) is 4.90 Å². The molecule has 2 heterocycles. The molecule has 1 atom stereocenters. The zero-order chi connectivity index (χ0) is 18.1. The molecule has 2 aliphatic rings. The van der Waals surface area contributed by atoms with Gasteiger partial charge in [-0.05, 0) is 61.4 Å². The Morgan fingerprint density at radius 3 is 2.11 bits per heavy atom. The van der Waals surface area contributed by atoms with E-state index in [1.807, 2.05) is 48.5 Å². The van der Waals surface area contributed by atoms with Crippen molar-refractivity contribution < 1.29 is 19.2 Å². The molecule has 0 aromatic heterocycles. The fourth-order valence-electron chi connectivity index (χ4n) is 4.02. The summed E-state index contributed by atoms with van der Waals surface area (Å²) < 4.78 is 12.9. The van der Waals surface area contributed by atoms with Crippen molar-refractivity contribution in [3.8, 4) is 11.5 Å². The van der Waals surface area contributed by atoms with Gasteiger partial charge in [0.1, 0.15) is 17.2 Å². The highest BCUT2D eigenvalue weighted by atomic mass is 79.9. The van der Waals surface area contributed by atoms with E-state index in [1.165, 1.54) is 12.3 Å². The molecule has 0 saturated heterocycles. The minimum absolute atomic E-state index is 0. The molecule has 0 spiro atoms. The molecule has 5 nitrogen and oxygen atoms in total. The summed E-state index contributed by atoms with van der Waals surface area (Å²) in [6, 6.07) is 15.6. The van der Waals surface area contributed by atoms with Crippen molar-refractivity contribution in [2.45, 2.75) is 25.0 Å². The van der Waals surface area contributed by atoms with Crippen molar-refractivity contribution in [3.05, 3.63) is 54.1 Å². The number of nitrogens with zero attached hydrogens (tertiary/aromatic N) is 2. The highest BCUT2D eigenvalue weighted by Crippen LogP contribution is 2.38. The van der Waals surface area contributed by atoms with Gasteiger partial charge < -0.3 is 14.6 Å². The van der Waals surface area contributed by atoms with Crippen LogP contribution in [0.15, 0.2) is 48.5 Å². The minimum Gasteiger partial charge on any atom is -0.497 e. The van der Waals surface area contributed by atoms with E-state index < -0.39 is 5.72 Å². The quantitative estimate of drug-likeness (QED) is 0.748. The second-order valence-electron chi connectivity index (χ2n) is 6.87. The highest BCUT2D eigenvalue weighted by molar-refractivity contribution is 8.93. The SMILES string of the molecule is Br.COc1ccc(N2C3=[N+](CCCC3)CC2(O)c2ccc(OC)cc2)cc1. The number of anilines is 1. The summed E-state index contributed by atoms with van der Waals surface area (Å²) in [4.78, 5) is 2.09. The van der Waals surface area contributed by atoms with E-state index in [-0.39, 0.29) is 17.0 Å². The van der Waals surface area contributed by atoms with Crippen LogP contribution in [0.4, 0.5) is 5.69 Å². The molecule has 0 amide bonds. The van der Waals surface area contributed by atoms with Crippen molar-refractivity contribution in [1.29, 1.82) is 0 Å². The molecule has 0 aliphatic carbocycles. The van der Waals surface area contributed by atoms with Crippen LogP contribution in [0.2, 0.25) is 0 Å². The van der Waals surface area contributed by atoms with Crippen molar-refractivity contribution in [2.24, 2.45) is 0 Å². The van der Waals surface area contributed by atoms with Crippen LogP contribution in [0.3, 0.4) is 0 Å². The Bertz CT molecular complexity index is 820. The molecule has 0 fully saturated rings. The zero-order valence-corrected chi connectivity index (χ0v) is 17.4. The Morgan fingerprint density at radius 2 is 1.52 bits per heavy atom. The fourth-order valence-corrected chi connectivity index (χ4v) is 4.02. The Kier molecular flexibility index (Phi) is 5.77. The number of halogens is 1. The topological polar surface area (TPSA) is 44.9 Å². The third-order valence-corrected chi connectivity index (χ3v) is 5.37. The summed E-state index contributed by atoms with van der Waals surface area (Å²) in [5.41, 5.74) is 0.750. The van der Waals surface area contributed by atoms with Crippen LogP contribution in [-0.2, 0) is 5.72 Å². The van der Waals surface area contributed by atoms with Crippen molar-refractivity contribution in [3.63, 3.8) is 0 Å². The molecule has 2 aromatic carbocycles. The van der Waals surface area contributed by atoms with Crippen LogP contribution < -0.4 is 14.4 Å². The average molecular weight is 434 g/mol. The Balaban J connectivity index is 0.00000210. The molecule has 2 aromatic rings. The summed E-state index contributed by atoms with van der Waals surface area (Å²) in [6.45, 7) is 1.56. The van der Waals surface area contributed by atoms with E-state index in [0.717, 1.165) is 42.1 Å². The third kappa shape index (κ3) is 3.44. The van der Waals surface area contributed by atoms with Crippen molar-refractivity contribution in [1.82, 2.24) is 0 Å². The van der Waals surface area contributed by atoms with Crippen LogP contribution in [0.5, 0.6) is 11.5 Å². The maximum Gasteiger partial charge on any atom is 0.275 e. The van der Waals surface area contributed by atoms with Crippen molar-refractivity contribution >= 4 is 28.5 Å². The number of rotatable bonds is 4. The first-order valence-corrected chi connectivity index (χ1v) is 9.08. The molecule has 1 N–H and O–H groups in total. The van der Waals surface area contributed by atoms with E-state index in [0.29, 0.717) is 6.54 Å².